The van der Waals surface area contributed by atoms with Gasteiger partial charge in [0.1, 0.15) is 5.52 Å². The van der Waals surface area contributed by atoms with Crippen LogP contribution in [0.5, 0.6) is 0 Å². The summed E-state index contributed by atoms with van der Waals surface area (Å²) in [4.78, 5) is 7.71. The Kier molecular flexibility index (Phi) is 3.17. The fourth-order valence-corrected chi connectivity index (χ4v) is 2.95. The average Bonchev–Trinajstić information content (AvgIpc) is 2.96. The number of aromatic amines is 1. The molecule has 3 heterocycles. The van der Waals surface area contributed by atoms with E-state index in [0.717, 1.165) is 29.0 Å². The monoisotopic (exact) mass is 287 g/mol. The van der Waals surface area contributed by atoms with Gasteiger partial charge in [-0.15, -0.1) is 0 Å². The quantitative estimate of drug-likeness (QED) is 0.753. The summed E-state index contributed by atoms with van der Waals surface area (Å²) in [5.74, 6) is 0. The largest absolute Gasteiger partial charge is 0.328 e. The molecule has 6 heteroatoms. The van der Waals surface area contributed by atoms with Crippen LogP contribution in [0.3, 0.4) is 0 Å². The lowest BCUT2D eigenvalue weighted by Gasteiger charge is -2.13. The Morgan fingerprint density at radius 3 is 2.85 bits per heavy atom. The van der Waals surface area contributed by atoms with Gasteiger partial charge in [0.25, 0.3) is 0 Å². The van der Waals surface area contributed by atoms with Gasteiger partial charge >= 0.3 is 0 Å². The first-order chi connectivity index (χ1) is 9.63. The molecule has 3 aromatic rings. The fourth-order valence-electron chi connectivity index (χ4n) is 2.60. The molecule has 0 aliphatic rings. The van der Waals surface area contributed by atoms with E-state index in [2.05, 4.69) is 33.5 Å². The average molecular weight is 287 g/mol. The molecule has 0 bridgehead atoms. The first-order valence-electron chi connectivity index (χ1n) is 6.70. The van der Waals surface area contributed by atoms with Gasteiger partial charge in [-0.2, -0.15) is 5.10 Å². The van der Waals surface area contributed by atoms with Crippen LogP contribution < -0.4 is 0 Å². The summed E-state index contributed by atoms with van der Waals surface area (Å²) in [6.07, 6.45) is 2.69. The number of hydrogen-bond donors (Lipinski definition) is 1. The number of imidazole rings is 1. The molecule has 0 aliphatic carbocycles. The number of aromatic nitrogens is 5. The number of H-pyrrole nitrogens is 1. The SMILES string of the molecule is CCc1nn(C)c2c1[nH]c(=S)n2C(C)c1ccccn1. The zero-order valence-corrected chi connectivity index (χ0v) is 12.6. The Bertz CT molecular complexity index is 796. The lowest BCUT2D eigenvalue weighted by Crippen LogP contribution is -2.11. The molecule has 5 nitrogen and oxygen atoms in total. The van der Waals surface area contributed by atoms with Gasteiger partial charge < -0.3 is 4.98 Å². The normalized spacial score (nSPS) is 12.9. The zero-order chi connectivity index (χ0) is 14.3. The molecule has 20 heavy (non-hydrogen) atoms. The summed E-state index contributed by atoms with van der Waals surface area (Å²) in [5.41, 5.74) is 4.08. The van der Waals surface area contributed by atoms with E-state index in [0.29, 0.717) is 4.77 Å². The van der Waals surface area contributed by atoms with E-state index in [1.165, 1.54) is 0 Å². The summed E-state index contributed by atoms with van der Waals surface area (Å²) in [7, 11) is 1.95. The maximum absolute atomic E-state index is 5.49. The number of fused-ring (bicyclic) bond motifs is 1. The van der Waals surface area contributed by atoms with Crippen LogP contribution in [-0.4, -0.2) is 24.3 Å². The molecule has 0 fully saturated rings. The van der Waals surface area contributed by atoms with Crippen molar-refractivity contribution in [3.05, 3.63) is 40.6 Å². The third-order valence-electron chi connectivity index (χ3n) is 3.61. The molecule has 0 aromatic carbocycles. The molecule has 1 N–H and O–H groups in total. The zero-order valence-electron chi connectivity index (χ0n) is 11.8. The standard InChI is InChI=1S/C14H17N5S/c1-4-10-12-13(18(3)17-10)19(14(20)16-12)9(2)11-7-5-6-8-15-11/h5-9H,4H2,1-3H3,(H,16,20). The molecule has 104 valence electrons. The summed E-state index contributed by atoms with van der Waals surface area (Å²) in [5, 5.41) is 4.54. The maximum atomic E-state index is 5.49. The van der Waals surface area contributed by atoms with E-state index in [1.807, 2.05) is 29.9 Å². The third kappa shape index (κ3) is 1.87. The van der Waals surface area contributed by atoms with Crippen molar-refractivity contribution >= 4 is 23.4 Å². The minimum Gasteiger partial charge on any atom is -0.328 e. The van der Waals surface area contributed by atoms with Crippen molar-refractivity contribution in [2.24, 2.45) is 7.05 Å². The van der Waals surface area contributed by atoms with Crippen LogP contribution in [0.15, 0.2) is 24.4 Å². The van der Waals surface area contributed by atoms with Gasteiger partial charge in [-0.3, -0.25) is 14.2 Å². The smallest absolute Gasteiger partial charge is 0.179 e. The lowest BCUT2D eigenvalue weighted by atomic mass is 10.2. The van der Waals surface area contributed by atoms with Gasteiger partial charge in [-0.1, -0.05) is 13.0 Å². The van der Waals surface area contributed by atoms with Crippen LogP contribution in [-0.2, 0) is 13.5 Å². The van der Waals surface area contributed by atoms with E-state index in [4.69, 9.17) is 12.2 Å². The number of rotatable bonds is 3. The van der Waals surface area contributed by atoms with Gasteiger partial charge in [-0.25, -0.2) is 0 Å². The molecule has 0 aliphatic heterocycles. The molecule has 1 unspecified atom stereocenters. The van der Waals surface area contributed by atoms with E-state index < -0.39 is 0 Å². The Hall–Kier alpha value is -1.95. The van der Waals surface area contributed by atoms with Crippen molar-refractivity contribution < 1.29 is 0 Å². The van der Waals surface area contributed by atoms with Crippen molar-refractivity contribution in [1.29, 1.82) is 0 Å². The van der Waals surface area contributed by atoms with Crippen LogP contribution in [0.4, 0.5) is 0 Å². The van der Waals surface area contributed by atoms with E-state index in [9.17, 15) is 0 Å². The Morgan fingerprint density at radius 2 is 2.20 bits per heavy atom. The topological polar surface area (TPSA) is 51.4 Å². The molecular formula is C14H17N5S. The molecule has 1 atom stereocenters. The lowest BCUT2D eigenvalue weighted by molar-refractivity contribution is 0.605. The highest BCUT2D eigenvalue weighted by Crippen LogP contribution is 2.24. The van der Waals surface area contributed by atoms with Gasteiger partial charge in [-0.05, 0) is 37.7 Å². The van der Waals surface area contributed by atoms with E-state index >= 15 is 0 Å². The summed E-state index contributed by atoms with van der Waals surface area (Å²) >= 11 is 5.49. The van der Waals surface area contributed by atoms with Crippen LogP contribution in [0.25, 0.3) is 11.2 Å². The number of nitrogens with zero attached hydrogens (tertiary/aromatic N) is 4. The van der Waals surface area contributed by atoms with Gasteiger partial charge in [0, 0.05) is 13.2 Å². The van der Waals surface area contributed by atoms with Crippen LogP contribution in [0, 0.1) is 4.77 Å². The number of nitrogens with one attached hydrogen (secondary N) is 1. The molecular weight excluding hydrogens is 270 g/mol. The van der Waals surface area contributed by atoms with Crippen molar-refractivity contribution in [3.63, 3.8) is 0 Å². The molecule has 0 amide bonds. The molecule has 3 aromatic heterocycles. The first-order valence-corrected chi connectivity index (χ1v) is 7.11. The minimum atomic E-state index is 0.0672. The Morgan fingerprint density at radius 1 is 1.40 bits per heavy atom. The van der Waals surface area contributed by atoms with Gasteiger partial charge in [0.05, 0.1) is 17.4 Å². The highest BCUT2D eigenvalue weighted by molar-refractivity contribution is 7.71. The fraction of sp³-hybridized carbons (Fsp3) is 0.357. The van der Waals surface area contributed by atoms with Crippen molar-refractivity contribution in [3.8, 4) is 0 Å². The van der Waals surface area contributed by atoms with E-state index in [1.54, 1.807) is 6.20 Å². The second-order valence-electron chi connectivity index (χ2n) is 4.85. The second-order valence-corrected chi connectivity index (χ2v) is 5.24. The van der Waals surface area contributed by atoms with Crippen LogP contribution in [0.1, 0.15) is 31.3 Å². The van der Waals surface area contributed by atoms with Gasteiger partial charge in [0.2, 0.25) is 0 Å². The second kappa shape index (κ2) is 4.86. The highest BCUT2D eigenvalue weighted by Gasteiger charge is 2.19. The van der Waals surface area contributed by atoms with Crippen LogP contribution >= 0.6 is 12.2 Å². The Labute approximate surface area is 122 Å². The van der Waals surface area contributed by atoms with E-state index in [-0.39, 0.29) is 6.04 Å². The third-order valence-corrected chi connectivity index (χ3v) is 3.91. The molecule has 0 saturated heterocycles. The van der Waals surface area contributed by atoms with Gasteiger partial charge in [0.15, 0.2) is 10.4 Å². The molecule has 3 rings (SSSR count). The molecule has 0 spiro atoms. The number of aryl methyl sites for hydroxylation is 2. The minimum absolute atomic E-state index is 0.0672. The van der Waals surface area contributed by atoms with Crippen LogP contribution in [0.2, 0.25) is 0 Å². The Balaban J connectivity index is 2.24. The predicted molar refractivity (Wildman–Crippen MR) is 81.3 cm³/mol. The predicted octanol–water partition coefficient (Wildman–Crippen LogP) is 3.00. The summed E-state index contributed by atoms with van der Waals surface area (Å²) in [6, 6.07) is 5.99. The number of pyridine rings is 1. The summed E-state index contributed by atoms with van der Waals surface area (Å²) < 4.78 is 4.68. The maximum Gasteiger partial charge on any atom is 0.179 e. The highest BCUT2D eigenvalue weighted by atomic mass is 32.1. The number of hydrogen-bond acceptors (Lipinski definition) is 3. The molecule has 0 saturated carbocycles. The first kappa shape index (κ1) is 13.1. The van der Waals surface area contributed by atoms with Crippen molar-refractivity contribution in [1.82, 2.24) is 24.3 Å². The van der Waals surface area contributed by atoms with Crippen molar-refractivity contribution in [2.75, 3.05) is 0 Å². The molecule has 0 radical (unpaired) electrons. The summed E-state index contributed by atoms with van der Waals surface area (Å²) in [6.45, 7) is 4.20. The van der Waals surface area contributed by atoms with Crippen molar-refractivity contribution in [2.45, 2.75) is 26.3 Å².